The van der Waals surface area contributed by atoms with E-state index in [2.05, 4.69) is 4.74 Å². The molecule has 0 aliphatic heterocycles. The van der Waals surface area contributed by atoms with E-state index in [4.69, 9.17) is 4.74 Å². The number of aliphatic hydroxyl groups excluding tert-OH is 1. The van der Waals surface area contributed by atoms with Crippen LogP contribution in [0.15, 0.2) is 54.6 Å². The van der Waals surface area contributed by atoms with Crippen LogP contribution in [0, 0.1) is 5.82 Å². The Balaban J connectivity index is 2.13. The molecule has 1 N–H and O–H groups in total. The van der Waals surface area contributed by atoms with Crippen molar-refractivity contribution < 1.29 is 23.8 Å². The average molecular weight is 304 g/mol. The molecular formula is C17H17FO4. The summed E-state index contributed by atoms with van der Waals surface area (Å²) in [6.45, 7) is 0. The molecule has 2 aromatic rings. The quantitative estimate of drug-likeness (QED) is 0.658. The Bertz CT molecular complexity index is 615. The summed E-state index contributed by atoms with van der Waals surface area (Å²) in [5, 5.41) is 10.1. The molecule has 116 valence electrons. The molecule has 0 spiro atoms. The highest BCUT2D eigenvalue weighted by Crippen LogP contribution is 2.19. The predicted octanol–water partition coefficient (Wildman–Crippen LogP) is 2.62. The van der Waals surface area contributed by atoms with Crippen molar-refractivity contribution in [3.05, 3.63) is 71.5 Å². The number of rotatable bonds is 6. The van der Waals surface area contributed by atoms with E-state index in [-0.39, 0.29) is 6.42 Å². The number of halogens is 1. The first-order valence-corrected chi connectivity index (χ1v) is 6.81. The lowest BCUT2D eigenvalue weighted by molar-refractivity contribution is -0.179. The second-order valence-electron chi connectivity index (χ2n) is 4.71. The van der Waals surface area contributed by atoms with E-state index >= 15 is 0 Å². The van der Waals surface area contributed by atoms with E-state index < -0.39 is 24.2 Å². The highest BCUT2D eigenvalue weighted by atomic mass is 19.1. The number of aliphatic hydroxyl groups is 1. The molecule has 2 rings (SSSR count). The third kappa shape index (κ3) is 4.13. The molecule has 22 heavy (non-hydrogen) atoms. The van der Waals surface area contributed by atoms with E-state index in [0.717, 1.165) is 0 Å². The second-order valence-corrected chi connectivity index (χ2v) is 4.71. The third-order valence-corrected chi connectivity index (χ3v) is 3.21. The summed E-state index contributed by atoms with van der Waals surface area (Å²) in [5.74, 6) is -1.10. The normalized spacial score (nSPS) is 13.4. The van der Waals surface area contributed by atoms with Gasteiger partial charge in [-0.25, -0.2) is 9.18 Å². The van der Waals surface area contributed by atoms with Gasteiger partial charge in [0.15, 0.2) is 12.4 Å². The summed E-state index contributed by atoms with van der Waals surface area (Å²) in [6, 6.07) is 14.7. The van der Waals surface area contributed by atoms with Crippen molar-refractivity contribution in [3.8, 4) is 0 Å². The third-order valence-electron chi connectivity index (χ3n) is 3.21. The van der Waals surface area contributed by atoms with Gasteiger partial charge in [0.05, 0.1) is 7.11 Å². The minimum atomic E-state index is -1.29. The van der Waals surface area contributed by atoms with Crippen LogP contribution in [0.2, 0.25) is 0 Å². The lowest BCUT2D eigenvalue weighted by atomic mass is 10.1. The van der Waals surface area contributed by atoms with Gasteiger partial charge in [0.25, 0.3) is 0 Å². The zero-order chi connectivity index (χ0) is 15.9. The molecule has 0 aromatic heterocycles. The summed E-state index contributed by atoms with van der Waals surface area (Å²) >= 11 is 0. The Kier molecular flexibility index (Phi) is 5.63. The molecule has 0 aliphatic carbocycles. The Morgan fingerprint density at radius 2 is 1.77 bits per heavy atom. The van der Waals surface area contributed by atoms with Crippen LogP contribution in [0.1, 0.15) is 17.4 Å². The van der Waals surface area contributed by atoms with Gasteiger partial charge in [0.2, 0.25) is 0 Å². The van der Waals surface area contributed by atoms with Crippen molar-refractivity contribution in [1.82, 2.24) is 0 Å². The van der Waals surface area contributed by atoms with Crippen LogP contribution in [-0.4, -0.2) is 24.3 Å². The Hall–Kier alpha value is -2.24. The fourth-order valence-electron chi connectivity index (χ4n) is 2.03. The summed E-state index contributed by atoms with van der Waals surface area (Å²) in [7, 11) is 1.22. The molecule has 4 nitrogen and oxygen atoms in total. The highest BCUT2D eigenvalue weighted by molar-refractivity contribution is 5.75. The lowest BCUT2D eigenvalue weighted by Gasteiger charge is -2.20. The molecule has 0 fully saturated rings. The Morgan fingerprint density at radius 3 is 2.41 bits per heavy atom. The van der Waals surface area contributed by atoms with Crippen LogP contribution in [0.25, 0.3) is 0 Å². The number of benzene rings is 2. The van der Waals surface area contributed by atoms with E-state index in [9.17, 15) is 14.3 Å². The smallest absolute Gasteiger partial charge is 0.335 e. The SMILES string of the molecule is COC(=O)C(Cc1ccccc1F)OC(O)c1ccccc1. The van der Waals surface area contributed by atoms with Gasteiger partial charge in [-0.05, 0) is 11.6 Å². The van der Waals surface area contributed by atoms with Crippen molar-refractivity contribution in [3.63, 3.8) is 0 Å². The van der Waals surface area contributed by atoms with Crippen molar-refractivity contribution in [1.29, 1.82) is 0 Å². The molecule has 0 aliphatic rings. The molecule has 0 radical (unpaired) electrons. The second kappa shape index (κ2) is 7.68. The van der Waals surface area contributed by atoms with Crippen LogP contribution in [0.3, 0.4) is 0 Å². The van der Waals surface area contributed by atoms with Gasteiger partial charge in [0.1, 0.15) is 5.82 Å². The maximum absolute atomic E-state index is 13.7. The highest BCUT2D eigenvalue weighted by Gasteiger charge is 2.25. The van der Waals surface area contributed by atoms with Crippen molar-refractivity contribution in [2.75, 3.05) is 7.11 Å². The molecule has 2 unspecified atom stereocenters. The van der Waals surface area contributed by atoms with Gasteiger partial charge in [-0.1, -0.05) is 48.5 Å². The molecule has 5 heteroatoms. The van der Waals surface area contributed by atoms with E-state index in [1.807, 2.05) is 0 Å². The zero-order valence-electron chi connectivity index (χ0n) is 12.1. The number of esters is 1. The number of hydrogen-bond donors (Lipinski definition) is 1. The molecular weight excluding hydrogens is 287 g/mol. The monoisotopic (exact) mass is 304 g/mol. The number of hydrogen-bond acceptors (Lipinski definition) is 4. The van der Waals surface area contributed by atoms with Crippen LogP contribution >= 0.6 is 0 Å². The first-order valence-electron chi connectivity index (χ1n) is 6.81. The van der Waals surface area contributed by atoms with Gasteiger partial charge in [-0.15, -0.1) is 0 Å². The number of methoxy groups -OCH3 is 1. The molecule has 2 atom stereocenters. The van der Waals surface area contributed by atoms with Crippen LogP contribution in [0.5, 0.6) is 0 Å². The summed E-state index contributed by atoms with van der Waals surface area (Å²) in [5.41, 5.74) is 0.822. The average Bonchev–Trinajstić information content (AvgIpc) is 2.56. The van der Waals surface area contributed by atoms with Crippen LogP contribution in [0.4, 0.5) is 4.39 Å². The van der Waals surface area contributed by atoms with Gasteiger partial charge in [0, 0.05) is 12.0 Å². The van der Waals surface area contributed by atoms with Crippen LogP contribution < -0.4 is 0 Å². The largest absolute Gasteiger partial charge is 0.467 e. The van der Waals surface area contributed by atoms with Gasteiger partial charge in [-0.3, -0.25) is 0 Å². The predicted molar refractivity (Wildman–Crippen MR) is 78.4 cm³/mol. The lowest BCUT2D eigenvalue weighted by Crippen LogP contribution is -2.30. The van der Waals surface area contributed by atoms with Gasteiger partial charge in [-0.2, -0.15) is 0 Å². The van der Waals surface area contributed by atoms with Crippen molar-refractivity contribution >= 4 is 5.97 Å². The molecule has 0 saturated heterocycles. The van der Waals surface area contributed by atoms with Gasteiger partial charge >= 0.3 is 5.97 Å². The minimum absolute atomic E-state index is 0.0246. The topological polar surface area (TPSA) is 55.8 Å². The molecule has 0 heterocycles. The summed E-state index contributed by atoms with van der Waals surface area (Å²) in [6.07, 6.45) is -2.42. The van der Waals surface area contributed by atoms with Crippen LogP contribution in [-0.2, 0) is 20.7 Å². The summed E-state index contributed by atoms with van der Waals surface area (Å²) < 4.78 is 23.7. The Morgan fingerprint density at radius 1 is 1.14 bits per heavy atom. The van der Waals surface area contributed by atoms with E-state index in [1.54, 1.807) is 48.5 Å². The van der Waals surface area contributed by atoms with Gasteiger partial charge < -0.3 is 14.6 Å². The van der Waals surface area contributed by atoms with E-state index in [0.29, 0.717) is 11.1 Å². The standard InChI is InChI=1S/C17H17FO4/c1-21-17(20)15(11-13-9-5-6-10-14(13)18)22-16(19)12-7-3-2-4-8-12/h2-10,15-16,19H,11H2,1H3. The first kappa shape index (κ1) is 16.1. The molecule has 0 amide bonds. The fraction of sp³-hybridized carbons (Fsp3) is 0.235. The Labute approximate surface area is 128 Å². The molecule has 0 saturated carbocycles. The van der Waals surface area contributed by atoms with Crippen molar-refractivity contribution in [2.45, 2.75) is 18.8 Å². The summed E-state index contributed by atoms with van der Waals surface area (Å²) in [4.78, 5) is 11.8. The molecule has 0 bridgehead atoms. The minimum Gasteiger partial charge on any atom is -0.467 e. The van der Waals surface area contributed by atoms with Crippen molar-refractivity contribution in [2.24, 2.45) is 0 Å². The zero-order valence-corrected chi connectivity index (χ0v) is 12.1. The maximum atomic E-state index is 13.7. The number of ether oxygens (including phenoxy) is 2. The van der Waals surface area contributed by atoms with E-state index in [1.165, 1.54) is 13.2 Å². The molecule has 2 aromatic carbocycles. The number of carbonyl (C=O) groups is 1. The first-order chi connectivity index (χ1) is 10.6. The maximum Gasteiger partial charge on any atom is 0.335 e. The fourth-order valence-corrected chi connectivity index (χ4v) is 2.03. The number of carbonyl (C=O) groups excluding carboxylic acids is 1.